The number of hydrogen-bond donors (Lipinski definition) is 4. The Hall–Kier alpha value is -3.98. The van der Waals surface area contributed by atoms with Gasteiger partial charge in [0.1, 0.15) is 5.60 Å². The Kier molecular flexibility index (Phi) is 8.73. The summed E-state index contributed by atoms with van der Waals surface area (Å²) in [6, 6.07) is 7.51. The number of rotatable bonds is 6. The Morgan fingerprint density at radius 3 is 2.73 bits per heavy atom. The van der Waals surface area contributed by atoms with Gasteiger partial charge in [-0.25, -0.2) is 4.79 Å². The number of carbonyl (C=O) groups is 2. The minimum Gasteiger partial charge on any atom is -0.481 e. The van der Waals surface area contributed by atoms with Crippen molar-refractivity contribution >= 4 is 17.7 Å². The molecule has 9 heteroatoms. The molecule has 0 radical (unpaired) electrons. The predicted molar refractivity (Wildman–Crippen MR) is 157 cm³/mol. The van der Waals surface area contributed by atoms with Crippen LogP contribution in [0.5, 0.6) is 0 Å². The van der Waals surface area contributed by atoms with E-state index in [2.05, 4.69) is 53.0 Å². The molecule has 1 atom stereocenters. The fourth-order valence-electron chi connectivity index (χ4n) is 5.08. The van der Waals surface area contributed by atoms with Crippen molar-refractivity contribution in [3.63, 3.8) is 0 Å². The highest BCUT2D eigenvalue weighted by molar-refractivity contribution is 5.71. The Balaban J connectivity index is 1.54. The van der Waals surface area contributed by atoms with Gasteiger partial charge in [-0.3, -0.25) is 9.80 Å². The maximum absolute atomic E-state index is 12.4. The highest BCUT2D eigenvalue weighted by atomic mass is 16.6. The van der Waals surface area contributed by atoms with Crippen LogP contribution in [0.15, 0.2) is 82.8 Å². The number of fused-ring (bicyclic) bond motifs is 1. The van der Waals surface area contributed by atoms with Crippen LogP contribution in [0.4, 0.5) is 10.5 Å². The fourth-order valence-corrected chi connectivity index (χ4v) is 5.08. The molecule has 1 fully saturated rings. The van der Waals surface area contributed by atoms with Crippen molar-refractivity contribution in [2.75, 3.05) is 25.0 Å². The molecule has 0 bridgehead atoms. The Labute approximate surface area is 236 Å². The molecular weight excluding hydrogens is 506 g/mol. The molecule has 1 saturated heterocycles. The van der Waals surface area contributed by atoms with E-state index in [0.717, 1.165) is 58.8 Å². The van der Waals surface area contributed by atoms with Gasteiger partial charge in [-0.05, 0) is 81.9 Å². The van der Waals surface area contributed by atoms with E-state index in [9.17, 15) is 14.7 Å². The van der Waals surface area contributed by atoms with Crippen LogP contribution in [0.3, 0.4) is 0 Å². The summed E-state index contributed by atoms with van der Waals surface area (Å²) >= 11 is 0. The Morgan fingerprint density at radius 1 is 1.27 bits per heavy atom. The Morgan fingerprint density at radius 2 is 2.05 bits per heavy atom. The third kappa shape index (κ3) is 7.15. The first-order valence-corrected chi connectivity index (χ1v) is 13.7. The summed E-state index contributed by atoms with van der Waals surface area (Å²) in [7, 11) is 0. The summed E-state index contributed by atoms with van der Waals surface area (Å²) in [6.07, 6.45) is 7.62. The molecule has 4 rings (SSSR count). The van der Waals surface area contributed by atoms with Gasteiger partial charge in [0, 0.05) is 30.9 Å². The van der Waals surface area contributed by atoms with Crippen molar-refractivity contribution < 1.29 is 19.4 Å². The monoisotopic (exact) mass is 547 g/mol. The second-order valence-electron chi connectivity index (χ2n) is 11.5. The molecule has 9 nitrogen and oxygen atoms in total. The van der Waals surface area contributed by atoms with Gasteiger partial charge in [0.25, 0.3) is 0 Å². The number of allylic oxidation sites excluding steroid dienone is 5. The summed E-state index contributed by atoms with van der Waals surface area (Å²) in [5.74, 6) is -0.851. The zero-order chi connectivity index (χ0) is 29.0. The number of ether oxygens (including phenoxy) is 1. The van der Waals surface area contributed by atoms with Crippen LogP contribution >= 0.6 is 0 Å². The van der Waals surface area contributed by atoms with Gasteiger partial charge < -0.3 is 25.5 Å². The van der Waals surface area contributed by atoms with Gasteiger partial charge in [-0.15, -0.1) is 5.53 Å². The molecule has 0 saturated carbocycles. The molecule has 3 aliphatic rings. The molecule has 0 spiro atoms. The molecule has 1 amide bonds. The molecule has 0 aliphatic carbocycles. The summed E-state index contributed by atoms with van der Waals surface area (Å²) in [6.45, 7) is 16.2. The van der Waals surface area contributed by atoms with Crippen LogP contribution in [-0.2, 0) is 16.0 Å². The lowest BCUT2D eigenvalue weighted by Crippen LogP contribution is -2.39. The molecule has 1 aromatic carbocycles. The molecule has 40 heavy (non-hydrogen) atoms. The fraction of sp³-hybridized carbons (Fsp3) is 0.419. The number of nitrogens with zero attached hydrogens (tertiary/aromatic N) is 2. The van der Waals surface area contributed by atoms with Crippen LogP contribution in [0.2, 0.25) is 0 Å². The number of hydrogen-bond acceptors (Lipinski definition) is 7. The third-order valence-electron chi connectivity index (χ3n) is 7.16. The van der Waals surface area contributed by atoms with Crippen LogP contribution in [-0.4, -0.2) is 58.4 Å². The second kappa shape index (κ2) is 12.0. The molecule has 4 N–H and O–H groups in total. The highest BCUT2D eigenvalue weighted by Crippen LogP contribution is 2.34. The highest BCUT2D eigenvalue weighted by Gasteiger charge is 2.31. The van der Waals surface area contributed by atoms with Gasteiger partial charge in [0.15, 0.2) is 0 Å². The summed E-state index contributed by atoms with van der Waals surface area (Å²) in [5, 5.41) is 14.9. The summed E-state index contributed by atoms with van der Waals surface area (Å²) in [4.78, 5) is 25.4. The van der Waals surface area contributed by atoms with E-state index in [1.54, 1.807) is 4.90 Å². The number of aliphatic carboxylic acids is 1. The normalized spacial score (nSPS) is 21.1. The standard InChI is InChI=1S/C31H41N5O4/c1-20(24-12-15-35(16-13-24)30(39)40-31(4,5)6)10-11-26-21(2)27(14-17-36-29(26)22(3)33-34-36)32-25-9-7-8-23(18-25)19-28(37)38/h7-12,18,27,32-34H,2,13-17,19H2,1,3-6H3,(H,37,38)/b20-10+,26-11+. The van der Waals surface area contributed by atoms with E-state index < -0.39 is 11.6 Å². The average molecular weight is 548 g/mol. The number of nitrogens with one attached hydrogen (secondary N) is 3. The number of benzene rings is 1. The summed E-state index contributed by atoms with van der Waals surface area (Å²) < 4.78 is 5.52. The number of carboxylic acids is 1. The van der Waals surface area contributed by atoms with Crippen LogP contribution in [0.1, 0.15) is 53.0 Å². The predicted octanol–water partition coefficient (Wildman–Crippen LogP) is 5.05. The van der Waals surface area contributed by atoms with Crippen molar-refractivity contribution in [1.29, 1.82) is 0 Å². The van der Waals surface area contributed by atoms with Crippen molar-refractivity contribution in [2.24, 2.45) is 0 Å². The lowest BCUT2D eigenvalue weighted by Gasteiger charge is -2.29. The average Bonchev–Trinajstić information content (AvgIpc) is 3.19. The molecule has 3 aliphatic heterocycles. The summed E-state index contributed by atoms with van der Waals surface area (Å²) in [5.41, 5.74) is 14.0. The van der Waals surface area contributed by atoms with E-state index in [4.69, 9.17) is 4.74 Å². The van der Waals surface area contributed by atoms with E-state index in [-0.39, 0.29) is 18.6 Å². The quantitative estimate of drug-likeness (QED) is 0.392. The molecule has 0 aromatic heterocycles. The first kappa shape index (κ1) is 29.0. The zero-order valence-corrected chi connectivity index (χ0v) is 24.1. The van der Waals surface area contributed by atoms with Crippen LogP contribution in [0, 0.1) is 0 Å². The number of amides is 1. The third-order valence-corrected chi connectivity index (χ3v) is 7.16. The second-order valence-corrected chi connectivity index (χ2v) is 11.5. The Bertz CT molecular complexity index is 1300. The maximum atomic E-state index is 12.4. The van der Waals surface area contributed by atoms with Crippen LogP contribution < -0.4 is 16.3 Å². The number of anilines is 1. The maximum Gasteiger partial charge on any atom is 0.410 e. The lowest BCUT2D eigenvalue weighted by atomic mass is 9.94. The number of hydrazine groups is 2. The van der Waals surface area contributed by atoms with Crippen molar-refractivity contribution in [1.82, 2.24) is 20.9 Å². The van der Waals surface area contributed by atoms with Gasteiger partial charge in [0.05, 0.1) is 23.9 Å². The minimum absolute atomic E-state index is 0.0167. The van der Waals surface area contributed by atoms with Gasteiger partial charge in [-0.1, -0.05) is 36.9 Å². The zero-order valence-electron chi connectivity index (χ0n) is 24.1. The molecule has 214 valence electrons. The van der Waals surface area contributed by atoms with Gasteiger partial charge in [0.2, 0.25) is 0 Å². The topological polar surface area (TPSA) is 106 Å². The lowest BCUT2D eigenvalue weighted by molar-refractivity contribution is -0.136. The van der Waals surface area contributed by atoms with Crippen molar-refractivity contribution in [3.05, 3.63) is 88.3 Å². The number of carboxylic acid groups (broad SMARTS) is 1. The SMILES string of the molecule is C=C1/C(=C\C=C(/C)C2=CCN(C(=O)OC(C)(C)C)CC2)C2=C(C)NNN2CCC1Nc1cccc(CC(=O)O)c1. The smallest absolute Gasteiger partial charge is 0.410 e. The van der Waals surface area contributed by atoms with Gasteiger partial charge in [-0.2, -0.15) is 0 Å². The first-order chi connectivity index (χ1) is 18.9. The van der Waals surface area contributed by atoms with E-state index in [0.29, 0.717) is 13.1 Å². The van der Waals surface area contributed by atoms with Crippen molar-refractivity contribution in [3.8, 4) is 0 Å². The molecular formula is C31H41N5O4. The van der Waals surface area contributed by atoms with E-state index in [1.807, 2.05) is 52.0 Å². The molecule has 3 heterocycles. The largest absolute Gasteiger partial charge is 0.481 e. The minimum atomic E-state index is -0.851. The van der Waals surface area contributed by atoms with Crippen molar-refractivity contribution in [2.45, 2.75) is 65.5 Å². The molecule has 1 unspecified atom stereocenters. The van der Waals surface area contributed by atoms with Crippen LogP contribution in [0.25, 0.3) is 0 Å². The first-order valence-electron chi connectivity index (χ1n) is 13.7. The van der Waals surface area contributed by atoms with E-state index in [1.165, 1.54) is 5.57 Å². The molecule has 1 aromatic rings. The van der Waals surface area contributed by atoms with E-state index >= 15 is 0 Å². The number of carbonyl (C=O) groups excluding carboxylic acids is 1. The van der Waals surface area contributed by atoms with Gasteiger partial charge >= 0.3 is 12.1 Å².